The van der Waals surface area contributed by atoms with Crippen LogP contribution in [0.5, 0.6) is 0 Å². The summed E-state index contributed by atoms with van der Waals surface area (Å²) in [5.41, 5.74) is 5.95. The molecule has 0 saturated heterocycles. The van der Waals surface area contributed by atoms with Gasteiger partial charge in [-0.05, 0) is 19.8 Å². The Hall–Kier alpha value is -1.32. The summed E-state index contributed by atoms with van der Waals surface area (Å²) in [5, 5.41) is 3.41. The minimum Gasteiger partial charge on any atom is -0.384 e. The van der Waals surface area contributed by atoms with Gasteiger partial charge in [-0.3, -0.25) is 0 Å². The molecule has 1 aliphatic rings. The summed E-state index contributed by atoms with van der Waals surface area (Å²) in [5.74, 6) is 2.17. The first-order valence-corrected chi connectivity index (χ1v) is 5.72. The smallest absolute Gasteiger partial charge is 0.138 e. The highest BCUT2D eigenvalue weighted by Gasteiger charge is 2.37. The predicted octanol–water partition coefficient (Wildman–Crippen LogP) is 2.32. The molecule has 0 aliphatic heterocycles. The summed E-state index contributed by atoms with van der Waals surface area (Å²) in [6, 6.07) is 1.80. The molecule has 1 aromatic rings. The number of nitrogens with two attached hydrogens (primary N) is 1. The van der Waals surface area contributed by atoms with Crippen molar-refractivity contribution < 1.29 is 0 Å². The van der Waals surface area contributed by atoms with Crippen molar-refractivity contribution in [3.63, 3.8) is 0 Å². The van der Waals surface area contributed by atoms with E-state index in [-0.39, 0.29) is 11.0 Å². The summed E-state index contributed by atoms with van der Waals surface area (Å²) >= 11 is 0. The van der Waals surface area contributed by atoms with Crippen molar-refractivity contribution >= 4 is 11.6 Å². The van der Waals surface area contributed by atoms with E-state index in [0.29, 0.717) is 5.82 Å². The quantitative estimate of drug-likeness (QED) is 0.803. The minimum atomic E-state index is -0.0731. The zero-order valence-electron chi connectivity index (χ0n) is 10.5. The fourth-order valence-corrected chi connectivity index (χ4v) is 1.49. The maximum Gasteiger partial charge on any atom is 0.138 e. The fourth-order valence-electron chi connectivity index (χ4n) is 1.49. The van der Waals surface area contributed by atoms with Crippen LogP contribution < -0.4 is 11.1 Å². The zero-order valence-corrected chi connectivity index (χ0v) is 10.5. The molecule has 0 atom stereocenters. The molecule has 88 valence electrons. The lowest BCUT2D eigenvalue weighted by Crippen LogP contribution is -2.21. The van der Waals surface area contributed by atoms with E-state index in [1.54, 1.807) is 6.07 Å². The summed E-state index contributed by atoms with van der Waals surface area (Å²) in [6.45, 7) is 8.46. The average molecular weight is 220 g/mol. The molecule has 16 heavy (non-hydrogen) atoms. The van der Waals surface area contributed by atoms with E-state index < -0.39 is 0 Å². The van der Waals surface area contributed by atoms with E-state index in [1.807, 2.05) is 0 Å². The van der Waals surface area contributed by atoms with E-state index >= 15 is 0 Å². The van der Waals surface area contributed by atoms with Crippen molar-refractivity contribution in [1.82, 2.24) is 9.97 Å². The number of hydrogen-bond donors (Lipinski definition) is 2. The SMILES string of the molecule is CC1(Nc2cc(N)nc(C(C)(C)C)n2)CC1. The van der Waals surface area contributed by atoms with Crippen molar-refractivity contribution in [2.45, 2.75) is 51.5 Å². The number of anilines is 2. The Balaban J connectivity index is 2.29. The molecular weight excluding hydrogens is 200 g/mol. The molecule has 4 heteroatoms. The third-order valence-electron chi connectivity index (χ3n) is 2.85. The molecule has 1 saturated carbocycles. The second-order valence-corrected chi connectivity index (χ2v) is 5.94. The van der Waals surface area contributed by atoms with Gasteiger partial charge in [0, 0.05) is 17.0 Å². The molecule has 0 aromatic carbocycles. The highest BCUT2D eigenvalue weighted by Crippen LogP contribution is 2.38. The lowest BCUT2D eigenvalue weighted by molar-refractivity contribution is 0.546. The molecule has 1 aromatic heterocycles. The topological polar surface area (TPSA) is 63.8 Å². The standard InChI is InChI=1S/C12H20N4/c1-11(2,3)10-14-8(13)7-9(15-10)16-12(4)5-6-12/h7H,5-6H2,1-4H3,(H3,13,14,15,16). The molecule has 0 unspecified atom stereocenters. The zero-order chi connectivity index (χ0) is 12.0. The van der Waals surface area contributed by atoms with Gasteiger partial charge < -0.3 is 11.1 Å². The third kappa shape index (κ3) is 2.43. The Labute approximate surface area is 96.7 Å². The normalized spacial score (nSPS) is 18.2. The maximum absolute atomic E-state index is 5.80. The number of nitrogens with zero attached hydrogens (tertiary/aromatic N) is 2. The Morgan fingerprint density at radius 1 is 1.31 bits per heavy atom. The van der Waals surface area contributed by atoms with Crippen LogP contribution in [-0.2, 0) is 5.41 Å². The van der Waals surface area contributed by atoms with E-state index in [1.165, 1.54) is 12.8 Å². The molecular formula is C12H20N4. The van der Waals surface area contributed by atoms with Crippen LogP contribution in [-0.4, -0.2) is 15.5 Å². The molecule has 1 heterocycles. The van der Waals surface area contributed by atoms with E-state index in [9.17, 15) is 0 Å². The number of nitrogen functional groups attached to an aromatic ring is 1. The first-order chi connectivity index (χ1) is 7.28. The summed E-state index contributed by atoms with van der Waals surface area (Å²) in [4.78, 5) is 8.81. The van der Waals surface area contributed by atoms with Crippen LogP contribution >= 0.6 is 0 Å². The van der Waals surface area contributed by atoms with Crippen molar-refractivity contribution in [1.29, 1.82) is 0 Å². The fraction of sp³-hybridized carbons (Fsp3) is 0.667. The molecule has 4 nitrogen and oxygen atoms in total. The van der Waals surface area contributed by atoms with Gasteiger partial charge in [-0.2, -0.15) is 0 Å². The first-order valence-electron chi connectivity index (χ1n) is 5.72. The molecule has 0 radical (unpaired) electrons. The van der Waals surface area contributed by atoms with Crippen LogP contribution in [0.4, 0.5) is 11.6 Å². The van der Waals surface area contributed by atoms with Crippen LogP contribution in [0.3, 0.4) is 0 Å². The number of nitrogens with one attached hydrogen (secondary N) is 1. The van der Waals surface area contributed by atoms with Gasteiger partial charge in [0.25, 0.3) is 0 Å². The Kier molecular flexibility index (Phi) is 2.33. The van der Waals surface area contributed by atoms with Crippen LogP contribution in [0, 0.1) is 0 Å². The molecule has 2 rings (SSSR count). The van der Waals surface area contributed by atoms with Crippen LogP contribution in [0.1, 0.15) is 46.4 Å². The van der Waals surface area contributed by atoms with E-state index in [2.05, 4.69) is 43.0 Å². The van der Waals surface area contributed by atoms with Crippen molar-refractivity contribution in [2.24, 2.45) is 0 Å². The third-order valence-corrected chi connectivity index (χ3v) is 2.85. The first kappa shape index (κ1) is 11.2. The Morgan fingerprint density at radius 2 is 1.94 bits per heavy atom. The van der Waals surface area contributed by atoms with Gasteiger partial charge in [0.05, 0.1) is 0 Å². The molecule has 0 amide bonds. The molecule has 0 bridgehead atoms. The van der Waals surface area contributed by atoms with Crippen molar-refractivity contribution in [3.05, 3.63) is 11.9 Å². The second-order valence-electron chi connectivity index (χ2n) is 5.94. The predicted molar refractivity (Wildman–Crippen MR) is 66.4 cm³/mol. The lowest BCUT2D eigenvalue weighted by atomic mass is 9.96. The van der Waals surface area contributed by atoms with Gasteiger partial charge in [0.15, 0.2) is 0 Å². The van der Waals surface area contributed by atoms with Crippen LogP contribution in [0.2, 0.25) is 0 Å². The van der Waals surface area contributed by atoms with Crippen molar-refractivity contribution in [3.8, 4) is 0 Å². The minimum absolute atomic E-state index is 0.0731. The largest absolute Gasteiger partial charge is 0.384 e. The molecule has 0 spiro atoms. The highest BCUT2D eigenvalue weighted by molar-refractivity contribution is 5.48. The summed E-state index contributed by atoms with van der Waals surface area (Å²) in [7, 11) is 0. The second kappa shape index (κ2) is 3.34. The molecule has 3 N–H and O–H groups in total. The van der Waals surface area contributed by atoms with Crippen LogP contribution in [0.25, 0.3) is 0 Å². The maximum atomic E-state index is 5.80. The van der Waals surface area contributed by atoms with Gasteiger partial charge in [-0.15, -0.1) is 0 Å². The van der Waals surface area contributed by atoms with Crippen LogP contribution in [0.15, 0.2) is 6.07 Å². The number of aromatic nitrogens is 2. The van der Waals surface area contributed by atoms with Gasteiger partial charge in [-0.1, -0.05) is 20.8 Å². The molecule has 1 fully saturated rings. The van der Waals surface area contributed by atoms with Crippen molar-refractivity contribution in [2.75, 3.05) is 11.1 Å². The summed E-state index contributed by atoms with van der Waals surface area (Å²) in [6.07, 6.45) is 2.39. The number of rotatable bonds is 2. The Bertz CT molecular complexity index is 402. The average Bonchev–Trinajstić information content (AvgIpc) is 2.80. The lowest BCUT2D eigenvalue weighted by Gasteiger charge is -2.19. The van der Waals surface area contributed by atoms with Gasteiger partial charge in [-0.25, -0.2) is 9.97 Å². The van der Waals surface area contributed by atoms with Gasteiger partial charge in [0.2, 0.25) is 0 Å². The van der Waals surface area contributed by atoms with E-state index in [0.717, 1.165) is 11.6 Å². The Morgan fingerprint density at radius 3 is 2.44 bits per heavy atom. The van der Waals surface area contributed by atoms with Gasteiger partial charge >= 0.3 is 0 Å². The van der Waals surface area contributed by atoms with E-state index in [4.69, 9.17) is 5.73 Å². The summed E-state index contributed by atoms with van der Waals surface area (Å²) < 4.78 is 0. The monoisotopic (exact) mass is 220 g/mol. The highest BCUT2D eigenvalue weighted by atomic mass is 15.1. The number of hydrogen-bond acceptors (Lipinski definition) is 4. The van der Waals surface area contributed by atoms with Gasteiger partial charge in [0.1, 0.15) is 17.5 Å². The molecule has 1 aliphatic carbocycles.